The standard InChI is InChI=1S/C18H15Cl2N5O4/c1-28-14-8-15(29-2)13(7-11(14)20)24-18-16(25(26)27)17(21-9-22-18)23-12-6-4-3-5-10(12)19/h3-9H,1-2H3,(H2,21,22,23,24). The van der Waals surface area contributed by atoms with E-state index in [1.54, 1.807) is 30.3 Å². The summed E-state index contributed by atoms with van der Waals surface area (Å²) in [6, 6.07) is 9.89. The summed E-state index contributed by atoms with van der Waals surface area (Å²) in [6.07, 6.45) is 1.19. The van der Waals surface area contributed by atoms with Gasteiger partial charge in [-0.15, -0.1) is 0 Å². The number of nitrogens with zero attached hydrogens (tertiary/aromatic N) is 3. The van der Waals surface area contributed by atoms with Gasteiger partial charge in [0.25, 0.3) is 0 Å². The molecule has 0 atom stereocenters. The second-order valence-electron chi connectivity index (χ2n) is 5.59. The molecule has 0 aliphatic heterocycles. The molecule has 0 radical (unpaired) electrons. The molecule has 9 nitrogen and oxygen atoms in total. The number of para-hydroxylation sites is 1. The van der Waals surface area contributed by atoms with Gasteiger partial charge >= 0.3 is 5.69 Å². The molecule has 0 unspecified atom stereocenters. The van der Waals surface area contributed by atoms with Crippen molar-refractivity contribution < 1.29 is 14.4 Å². The Balaban J connectivity index is 2.04. The van der Waals surface area contributed by atoms with Crippen LogP contribution in [0.4, 0.5) is 28.7 Å². The lowest BCUT2D eigenvalue weighted by Crippen LogP contribution is -2.06. The number of nitrogens with one attached hydrogen (secondary N) is 2. The number of aromatic nitrogens is 2. The van der Waals surface area contributed by atoms with Gasteiger partial charge in [0, 0.05) is 6.07 Å². The van der Waals surface area contributed by atoms with Crippen LogP contribution in [0.25, 0.3) is 0 Å². The molecule has 2 aromatic carbocycles. The number of rotatable bonds is 7. The highest BCUT2D eigenvalue weighted by Crippen LogP contribution is 2.40. The Morgan fingerprint density at radius 2 is 1.55 bits per heavy atom. The van der Waals surface area contributed by atoms with E-state index in [0.717, 1.165) is 0 Å². The summed E-state index contributed by atoms with van der Waals surface area (Å²) in [7, 11) is 2.92. The first-order valence-corrected chi connectivity index (χ1v) is 8.89. The van der Waals surface area contributed by atoms with Gasteiger partial charge in [-0.1, -0.05) is 35.3 Å². The van der Waals surface area contributed by atoms with Crippen LogP contribution < -0.4 is 20.1 Å². The number of anilines is 4. The van der Waals surface area contributed by atoms with Crippen LogP contribution in [0.2, 0.25) is 10.0 Å². The predicted molar refractivity (Wildman–Crippen MR) is 111 cm³/mol. The minimum Gasteiger partial charge on any atom is -0.495 e. The van der Waals surface area contributed by atoms with Gasteiger partial charge in [0.1, 0.15) is 17.8 Å². The Hall–Kier alpha value is -3.30. The van der Waals surface area contributed by atoms with Crippen LogP contribution in [0, 0.1) is 10.1 Å². The van der Waals surface area contributed by atoms with Crippen molar-refractivity contribution in [1.82, 2.24) is 9.97 Å². The molecule has 150 valence electrons. The second kappa shape index (κ2) is 8.80. The van der Waals surface area contributed by atoms with E-state index in [0.29, 0.717) is 32.9 Å². The summed E-state index contributed by atoms with van der Waals surface area (Å²) >= 11 is 12.3. The summed E-state index contributed by atoms with van der Waals surface area (Å²) in [5, 5.41) is 18.2. The van der Waals surface area contributed by atoms with Gasteiger partial charge in [0.15, 0.2) is 0 Å². The zero-order valence-corrected chi connectivity index (χ0v) is 16.8. The first-order valence-electron chi connectivity index (χ1n) is 8.14. The molecule has 0 spiro atoms. The van der Waals surface area contributed by atoms with Crippen LogP contribution in [0.15, 0.2) is 42.7 Å². The summed E-state index contributed by atoms with van der Waals surface area (Å²) in [6.45, 7) is 0. The predicted octanol–water partition coefficient (Wildman–Crippen LogP) is 5.20. The SMILES string of the molecule is COc1cc(OC)c(Nc2ncnc(Nc3ccccc3Cl)c2[N+](=O)[O-])cc1Cl. The number of halogens is 2. The Morgan fingerprint density at radius 3 is 2.14 bits per heavy atom. The first kappa shape index (κ1) is 20.4. The average Bonchev–Trinajstić information content (AvgIpc) is 2.70. The Labute approximate surface area is 175 Å². The van der Waals surface area contributed by atoms with E-state index < -0.39 is 4.92 Å². The van der Waals surface area contributed by atoms with Crippen molar-refractivity contribution in [2.24, 2.45) is 0 Å². The zero-order chi connectivity index (χ0) is 21.0. The van der Waals surface area contributed by atoms with Gasteiger partial charge in [-0.2, -0.15) is 0 Å². The van der Waals surface area contributed by atoms with Crippen molar-refractivity contribution in [2.75, 3.05) is 24.9 Å². The zero-order valence-electron chi connectivity index (χ0n) is 15.3. The van der Waals surface area contributed by atoms with Gasteiger partial charge in [0.2, 0.25) is 11.6 Å². The van der Waals surface area contributed by atoms with Crippen molar-refractivity contribution >= 4 is 51.9 Å². The highest BCUT2D eigenvalue weighted by atomic mass is 35.5. The fourth-order valence-corrected chi connectivity index (χ4v) is 2.93. The smallest absolute Gasteiger partial charge is 0.353 e. The molecular weight excluding hydrogens is 421 g/mol. The largest absolute Gasteiger partial charge is 0.495 e. The van der Waals surface area contributed by atoms with E-state index in [2.05, 4.69) is 20.6 Å². The quantitative estimate of drug-likeness (QED) is 0.384. The van der Waals surface area contributed by atoms with Gasteiger partial charge in [-0.3, -0.25) is 10.1 Å². The minimum absolute atomic E-state index is 0.0285. The molecule has 0 bridgehead atoms. The van der Waals surface area contributed by atoms with Crippen molar-refractivity contribution in [3.63, 3.8) is 0 Å². The Morgan fingerprint density at radius 1 is 0.931 bits per heavy atom. The fraction of sp³-hybridized carbons (Fsp3) is 0.111. The first-order chi connectivity index (χ1) is 13.9. The molecule has 2 N–H and O–H groups in total. The Bertz CT molecular complexity index is 1060. The molecule has 3 aromatic rings. The van der Waals surface area contributed by atoms with Crippen LogP contribution in [0.1, 0.15) is 0 Å². The molecule has 0 fully saturated rings. The van der Waals surface area contributed by atoms with E-state index in [1.807, 2.05) is 0 Å². The third-order valence-electron chi connectivity index (χ3n) is 3.86. The van der Waals surface area contributed by atoms with Crippen molar-refractivity contribution in [3.8, 4) is 11.5 Å². The monoisotopic (exact) mass is 435 g/mol. The lowest BCUT2D eigenvalue weighted by molar-refractivity contribution is -0.383. The number of ether oxygens (including phenoxy) is 2. The molecule has 0 aliphatic rings. The van der Waals surface area contributed by atoms with E-state index in [4.69, 9.17) is 32.7 Å². The van der Waals surface area contributed by atoms with Gasteiger partial charge < -0.3 is 20.1 Å². The summed E-state index contributed by atoms with van der Waals surface area (Å²) < 4.78 is 10.5. The number of hydrogen-bond acceptors (Lipinski definition) is 8. The molecule has 0 amide bonds. The van der Waals surface area contributed by atoms with Crippen LogP contribution in [0.5, 0.6) is 11.5 Å². The molecule has 0 aliphatic carbocycles. The van der Waals surface area contributed by atoms with E-state index >= 15 is 0 Å². The van der Waals surface area contributed by atoms with Crippen molar-refractivity contribution in [2.45, 2.75) is 0 Å². The number of hydrogen-bond donors (Lipinski definition) is 2. The van der Waals surface area contributed by atoms with Crippen LogP contribution in [0.3, 0.4) is 0 Å². The average molecular weight is 436 g/mol. The maximum absolute atomic E-state index is 11.8. The molecular formula is C18H15Cl2N5O4. The highest BCUT2D eigenvalue weighted by molar-refractivity contribution is 6.33. The van der Waals surface area contributed by atoms with Gasteiger partial charge in [0.05, 0.1) is 40.6 Å². The fourth-order valence-electron chi connectivity index (χ4n) is 2.51. The minimum atomic E-state index is -0.598. The van der Waals surface area contributed by atoms with E-state index in [-0.39, 0.29) is 17.3 Å². The van der Waals surface area contributed by atoms with Crippen molar-refractivity contribution in [3.05, 3.63) is 62.9 Å². The van der Waals surface area contributed by atoms with Gasteiger partial charge in [-0.05, 0) is 18.2 Å². The third kappa shape index (κ3) is 4.41. The normalized spacial score (nSPS) is 10.3. The van der Waals surface area contributed by atoms with Crippen molar-refractivity contribution in [1.29, 1.82) is 0 Å². The van der Waals surface area contributed by atoms with Crippen LogP contribution in [-0.4, -0.2) is 29.1 Å². The number of nitro groups is 1. The Kier molecular flexibility index (Phi) is 6.20. The molecule has 1 aromatic heterocycles. The molecule has 0 saturated carbocycles. The highest BCUT2D eigenvalue weighted by Gasteiger charge is 2.25. The summed E-state index contributed by atoms with van der Waals surface area (Å²) in [5.74, 6) is 0.672. The maximum Gasteiger partial charge on any atom is 0.353 e. The van der Waals surface area contributed by atoms with Crippen LogP contribution in [-0.2, 0) is 0 Å². The maximum atomic E-state index is 11.8. The summed E-state index contributed by atoms with van der Waals surface area (Å²) in [5.41, 5.74) is 0.456. The topological polar surface area (TPSA) is 111 Å². The lowest BCUT2D eigenvalue weighted by atomic mass is 10.2. The van der Waals surface area contributed by atoms with E-state index in [1.165, 1.54) is 26.6 Å². The number of benzene rings is 2. The summed E-state index contributed by atoms with van der Waals surface area (Å²) in [4.78, 5) is 19.2. The van der Waals surface area contributed by atoms with E-state index in [9.17, 15) is 10.1 Å². The second-order valence-corrected chi connectivity index (χ2v) is 6.41. The third-order valence-corrected chi connectivity index (χ3v) is 4.48. The molecule has 3 rings (SSSR count). The molecule has 11 heteroatoms. The lowest BCUT2D eigenvalue weighted by Gasteiger charge is -2.14. The molecule has 29 heavy (non-hydrogen) atoms. The van der Waals surface area contributed by atoms with Crippen LogP contribution >= 0.6 is 23.2 Å². The molecule has 0 saturated heterocycles. The number of methoxy groups -OCH3 is 2. The molecule has 1 heterocycles. The van der Waals surface area contributed by atoms with Gasteiger partial charge in [-0.25, -0.2) is 9.97 Å².